The molecule has 0 aromatic heterocycles. The minimum atomic E-state index is -0.211. The highest BCUT2D eigenvalue weighted by Crippen LogP contribution is 2.21. The van der Waals surface area contributed by atoms with Crippen molar-refractivity contribution in [2.75, 3.05) is 25.4 Å². The number of piperidine rings is 1. The Balaban J connectivity index is 2.08. The molecule has 0 aliphatic carbocycles. The summed E-state index contributed by atoms with van der Waals surface area (Å²) in [6.45, 7) is 5.16. The van der Waals surface area contributed by atoms with Crippen molar-refractivity contribution in [1.29, 1.82) is 0 Å². The molecule has 1 saturated heterocycles. The lowest BCUT2D eigenvalue weighted by Crippen LogP contribution is -2.42. The highest BCUT2D eigenvalue weighted by molar-refractivity contribution is 5.95. The van der Waals surface area contributed by atoms with Crippen LogP contribution in [0.15, 0.2) is 18.2 Å². The Hall–Kier alpha value is -2.04. The third-order valence-corrected chi connectivity index (χ3v) is 3.85. The van der Waals surface area contributed by atoms with Crippen LogP contribution in [0.25, 0.3) is 0 Å². The van der Waals surface area contributed by atoms with Crippen molar-refractivity contribution >= 4 is 17.6 Å². The fraction of sp³-hybridized carbons (Fsp3) is 0.500. The molecule has 1 fully saturated rings. The van der Waals surface area contributed by atoms with Crippen molar-refractivity contribution in [3.05, 3.63) is 29.3 Å². The zero-order valence-corrected chi connectivity index (χ0v) is 12.6. The average Bonchev–Trinajstić information content (AvgIpc) is 2.49. The lowest BCUT2D eigenvalue weighted by Gasteiger charge is -2.31. The molecule has 1 aromatic carbocycles. The van der Waals surface area contributed by atoms with Gasteiger partial charge in [0.15, 0.2) is 0 Å². The number of likely N-dealkylation sites (tertiary alicyclic amines) is 1. The van der Waals surface area contributed by atoms with Crippen LogP contribution >= 0.6 is 0 Å². The van der Waals surface area contributed by atoms with Crippen molar-refractivity contribution in [3.8, 4) is 0 Å². The molecule has 1 aliphatic heterocycles. The second-order valence-corrected chi connectivity index (χ2v) is 5.41. The second kappa shape index (κ2) is 6.61. The molecule has 1 heterocycles. The highest BCUT2D eigenvalue weighted by atomic mass is 16.5. The number of nitrogens with zero attached hydrogens (tertiary/aromatic N) is 1. The van der Waals surface area contributed by atoms with E-state index >= 15 is 0 Å². The number of nitrogen functional groups attached to an aromatic ring is 1. The van der Waals surface area contributed by atoms with Crippen LogP contribution in [0.5, 0.6) is 0 Å². The zero-order valence-electron chi connectivity index (χ0n) is 12.6. The van der Waals surface area contributed by atoms with Crippen LogP contribution in [-0.4, -0.2) is 36.5 Å². The molecule has 1 aromatic rings. The fourth-order valence-corrected chi connectivity index (χ4v) is 2.61. The van der Waals surface area contributed by atoms with E-state index in [2.05, 4.69) is 0 Å². The number of rotatable bonds is 3. The van der Waals surface area contributed by atoms with E-state index in [0.29, 0.717) is 30.9 Å². The van der Waals surface area contributed by atoms with Gasteiger partial charge in [-0.1, -0.05) is 0 Å². The fourth-order valence-electron chi connectivity index (χ4n) is 2.61. The number of anilines is 1. The molecule has 1 amide bonds. The molecule has 114 valence electrons. The number of aryl methyl sites for hydroxylation is 1. The number of hydrogen-bond acceptors (Lipinski definition) is 4. The van der Waals surface area contributed by atoms with Crippen molar-refractivity contribution in [3.63, 3.8) is 0 Å². The smallest absolute Gasteiger partial charge is 0.310 e. The molecule has 2 rings (SSSR count). The normalized spacial score (nSPS) is 18.4. The highest BCUT2D eigenvalue weighted by Gasteiger charge is 2.29. The Bertz CT molecular complexity index is 542. The number of benzene rings is 1. The summed E-state index contributed by atoms with van der Waals surface area (Å²) < 4.78 is 5.06. The maximum Gasteiger partial charge on any atom is 0.310 e. The summed E-state index contributed by atoms with van der Waals surface area (Å²) in [6, 6.07) is 5.28. The monoisotopic (exact) mass is 290 g/mol. The van der Waals surface area contributed by atoms with E-state index in [-0.39, 0.29) is 17.8 Å². The van der Waals surface area contributed by atoms with Gasteiger partial charge in [-0.25, -0.2) is 0 Å². The van der Waals surface area contributed by atoms with E-state index in [4.69, 9.17) is 10.5 Å². The molecule has 5 heteroatoms. The van der Waals surface area contributed by atoms with Crippen molar-refractivity contribution in [2.45, 2.75) is 26.7 Å². The van der Waals surface area contributed by atoms with Crippen LogP contribution in [0.3, 0.4) is 0 Å². The lowest BCUT2D eigenvalue weighted by molar-refractivity contribution is -0.149. The first kappa shape index (κ1) is 15.4. The van der Waals surface area contributed by atoms with Gasteiger partial charge in [0, 0.05) is 24.3 Å². The lowest BCUT2D eigenvalue weighted by atomic mass is 9.97. The molecule has 1 unspecified atom stereocenters. The minimum Gasteiger partial charge on any atom is -0.466 e. The van der Waals surface area contributed by atoms with Crippen LogP contribution < -0.4 is 5.73 Å². The predicted octanol–water partition coefficient (Wildman–Crippen LogP) is 1.99. The molecule has 1 aliphatic rings. The van der Waals surface area contributed by atoms with Gasteiger partial charge in [-0.15, -0.1) is 0 Å². The van der Waals surface area contributed by atoms with E-state index in [1.54, 1.807) is 30.0 Å². The van der Waals surface area contributed by atoms with Gasteiger partial charge in [-0.3, -0.25) is 9.59 Å². The molecule has 21 heavy (non-hydrogen) atoms. The molecule has 0 radical (unpaired) electrons. The summed E-state index contributed by atoms with van der Waals surface area (Å²) in [6.07, 6.45) is 1.60. The topological polar surface area (TPSA) is 72.6 Å². The van der Waals surface area contributed by atoms with Gasteiger partial charge in [0.25, 0.3) is 5.91 Å². The Labute approximate surface area is 125 Å². The van der Waals surface area contributed by atoms with Crippen molar-refractivity contribution in [1.82, 2.24) is 4.90 Å². The van der Waals surface area contributed by atoms with Crippen LogP contribution in [0.4, 0.5) is 5.69 Å². The van der Waals surface area contributed by atoms with Crippen molar-refractivity contribution < 1.29 is 14.3 Å². The van der Waals surface area contributed by atoms with Crippen LogP contribution in [0.2, 0.25) is 0 Å². The molecular formula is C16H22N2O3. The van der Waals surface area contributed by atoms with E-state index in [1.165, 1.54) is 0 Å². The summed E-state index contributed by atoms with van der Waals surface area (Å²) in [4.78, 5) is 26.1. The first-order valence-corrected chi connectivity index (χ1v) is 7.35. The third-order valence-electron chi connectivity index (χ3n) is 3.85. The predicted molar refractivity (Wildman–Crippen MR) is 80.9 cm³/mol. The molecule has 0 spiro atoms. The maximum absolute atomic E-state index is 12.5. The van der Waals surface area contributed by atoms with Crippen LogP contribution in [-0.2, 0) is 9.53 Å². The minimum absolute atomic E-state index is 0.0490. The maximum atomic E-state index is 12.5. The quantitative estimate of drug-likeness (QED) is 0.682. The third kappa shape index (κ3) is 3.54. The molecule has 2 N–H and O–H groups in total. The van der Waals surface area contributed by atoms with Gasteiger partial charge >= 0.3 is 5.97 Å². The Morgan fingerprint density at radius 1 is 1.43 bits per heavy atom. The van der Waals surface area contributed by atoms with E-state index < -0.39 is 0 Å². The van der Waals surface area contributed by atoms with E-state index in [0.717, 1.165) is 18.4 Å². The number of hydrogen-bond donors (Lipinski definition) is 1. The van der Waals surface area contributed by atoms with Gasteiger partial charge in [0.1, 0.15) is 0 Å². The number of esters is 1. The Kier molecular flexibility index (Phi) is 4.83. The molecule has 1 atom stereocenters. The van der Waals surface area contributed by atoms with Crippen LogP contribution in [0.1, 0.15) is 35.7 Å². The first-order valence-electron chi connectivity index (χ1n) is 7.35. The average molecular weight is 290 g/mol. The standard InChI is InChI=1S/C16H22N2O3/c1-3-21-16(20)13-5-4-8-18(10-13)15(19)12-6-7-14(17)11(2)9-12/h6-7,9,13H,3-5,8,10,17H2,1-2H3. The number of amides is 1. The van der Waals surface area contributed by atoms with Gasteiger partial charge in [0.2, 0.25) is 0 Å². The summed E-state index contributed by atoms with van der Waals surface area (Å²) in [5.74, 6) is -0.465. The number of carbonyl (C=O) groups is 2. The van der Waals surface area contributed by atoms with Gasteiger partial charge < -0.3 is 15.4 Å². The summed E-state index contributed by atoms with van der Waals surface area (Å²) >= 11 is 0. The van der Waals surface area contributed by atoms with Crippen molar-refractivity contribution in [2.24, 2.45) is 5.92 Å². The second-order valence-electron chi connectivity index (χ2n) is 5.41. The molecular weight excluding hydrogens is 268 g/mol. The first-order chi connectivity index (χ1) is 10.0. The van der Waals surface area contributed by atoms with Gasteiger partial charge in [-0.05, 0) is 50.5 Å². The zero-order chi connectivity index (χ0) is 15.4. The number of carbonyl (C=O) groups excluding carboxylic acids is 2. The summed E-state index contributed by atoms with van der Waals surface area (Å²) in [5, 5.41) is 0. The van der Waals surface area contributed by atoms with E-state index in [1.807, 2.05) is 6.92 Å². The van der Waals surface area contributed by atoms with Crippen LogP contribution in [0, 0.1) is 12.8 Å². The van der Waals surface area contributed by atoms with Gasteiger partial charge in [-0.2, -0.15) is 0 Å². The Morgan fingerprint density at radius 2 is 2.19 bits per heavy atom. The molecule has 5 nitrogen and oxygen atoms in total. The summed E-state index contributed by atoms with van der Waals surface area (Å²) in [7, 11) is 0. The largest absolute Gasteiger partial charge is 0.466 e. The molecule has 0 bridgehead atoms. The van der Waals surface area contributed by atoms with E-state index in [9.17, 15) is 9.59 Å². The van der Waals surface area contributed by atoms with Gasteiger partial charge in [0.05, 0.1) is 12.5 Å². The SMILES string of the molecule is CCOC(=O)C1CCCN(C(=O)c2ccc(N)c(C)c2)C1. The number of ether oxygens (including phenoxy) is 1. The number of nitrogens with two attached hydrogens (primary N) is 1. The Morgan fingerprint density at radius 3 is 2.86 bits per heavy atom. The summed E-state index contributed by atoms with van der Waals surface area (Å²) in [5.41, 5.74) is 7.96. The molecule has 0 saturated carbocycles.